The maximum Gasteiger partial charge on any atom is 0.269 e. The van der Waals surface area contributed by atoms with Gasteiger partial charge in [-0.3, -0.25) is 15.2 Å². The molecule has 2 aliphatic heterocycles. The topological polar surface area (TPSA) is 57.3 Å². The monoisotopic (exact) mass is 248 g/mol. The summed E-state index contributed by atoms with van der Waals surface area (Å²) in [4.78, 5) is 14.7. The number of carbonyl (C=O) groups excluding carboxylic acids is 1. The summed E-state index contributed by atoms with van der Waals surface area (Å²) in [6.45, 7) is 3.80. The van der Waals surface area contributed by atoms with Crippen LogP contribution in [-0.2, 0) is 0 Å². The van der Waals surface area contributed by atoms with Crippen molar-refractivity contribution in [3.8, 4) is 0 Å². The average molecular weight is 248 g/mol. The van der Waals surface area contributed by atoms with E-state index < -0.39 is 0 Å². The minimum atomic E-state index is -0.152. The van der Waals surface area contributed by atoms with E-state index in [1.54, 1.807) is 31.4 Å². The molecule has 3 rings (SSSR count). The second kappa shape index (κ2) is 6.47. The minimum absolute atomic E-state index is 0.152. The largest absolute Gasteiger partial charge is 0.354 e. The maximum atomic E-state index is 10.8. The molecule has 5 nitrogen and oxygen atoms in total. The third kappa shape index (κ3) is 3.51. The van der Waals surface area contributed by atoms with Crippen molar-refractivity contribution in [2.45, 2.75) is 12.8 Å². The molecule has 98 valence electrons. The van der Waals surface area contributed by atoms with Crippen molar-refractivity contribution < 1.29 is 4.79 Å². The van der Waals surface area contributed by atoms with Crippen LogP contribution < -0.4 is 10.7 Å². The summed E-state index contributed by atoms with van der Waals surface area (Å²) in [5, 5.41) is 4.82. The fourth-order valence-corrected chi connectivity index (χ4v) is 2.26. The molecule has 1 amide bonds. The number of amides is 1. The van der Waals surface area contributed by atoms with Crippen LogP contribution in [0.1, 0.15) is 23.3 Å². The predicted molar refractivity (Wildman–Crippen MR) is 69.9 cm³/mol. The highest BCUT2D eigenvalue weighted by molar-refractivity contribution is 5.91. The van der Waals surface area contributed by atoms with Crippen LogP contribution in [0.3, 0.4) is 0 Å². The smallest absolute Gasteiger partial charge is 0.269 e. The Hall–Kier alpha value is -1.46. The van der Waals surface area contributed by atoms with Crippen LogP contribution >= 0.6 is 0 Å². The molecule has 2 atom stereocenters. The van der Waals surface area contributed by atoms with E-state index in [9.17, 15) is 4.79 Å². The highest BCUT2D eigenvalue weighted by Crippen LogP contribution is 2.20. The maximum absolute atomic E-state index is 10.8. The Labute approximate surface area is 108 Å². The zero-order valence-electron chi connectivity index (χ0n) is 10.7. The van der Waals surface area contributed by atoms with E-state index in [1.165, 1.54) is 32.5 Å². The van der Waals surface area contributed by atoms with Gasteiger partial charge in [-0.1, -0.05) is 6.07 Å². The van der Waals surface area contributed by atoms with Crippen molar-refractivity contribution in [1.29, 1.82) is 0 Å². The third-order valence-corrected chi connectivity index (χ3v) is 3.30. The molecule has 1 aromatic rings. The molecule has 3 heterocycles. The van der Waals surface area contributed by atoms with Gasteiger partial charge in [-0.2, -0.15) is 0 Å². The van der Waals surface area contributed by atoms with E-state index in [0.29, 0.717) is 5.69 Å². The first-order chi connectivity index (χ1) is 8.79. The van der Waals surface area contributed by atoms with Crippen molar-refractivity contribution in [2.24, 2.45) is 5.92 Å². The van der Waals surface area contributed by atoms with Gasteiger partial charge in [0.25, 0.3) is 5.91 Å². The molecule has 2 fully saturated rings. The Bertz CT molecular complexity index is 368. The van der Waals surface area contributed by atoms with Crippen molar-refractivity contribution in [2.75, 3.05) is 26.7 Å². The molecule has 2 saturated heterocycles. The van der Waals surface area contributed by atoms with Crippen LogP contribution in [0.15, 0.2) is 24.4 Å². The number of carbonyl (C=O) groups is 1. The lowest BCUT2D eigenvalue weighted by atomic mass is 10.1. The Balaban J connectivity index is 0.000000136. The first-order valence-electron chi connectivity index (χ1n) is 6.41. The molecule has 2 aliphatic rings. The lowest BCUT2D eigenvalue weighted by molar-refractivity contribution is 0.0958. The molecule has 0 aliphatic carbocycles. The first-order valence-corrected chi connectivity index (χ1v) is 6.41. The number of fused-ring (bicyclic) bond motifs is 2. The van der Waals surface area contributed by atoms with E-state index in [-0.39, 0.29) is 5.91 Å². The summed E-state index contributed by atoms with van der Waals surface area (Å²) in [5.41, 5.74) is 3.79. The Morgan fingerprint density at radius 1 is 1.50 bits per heavy atom. The molecule has 0 spiro atoms. The van der Waals surface area contributed by atoms with Gasteiger partial charge in [-0.05, 0) is 30.9 Å². The van der Waals surface area contributed by atoms with Gasteiger partial charge in [0.1, 0.15) is 5.69 Å². The minimum Gasteiger partial charge on any atom is -0.354 e. The number of hydrazine groups is 1. The van der Waals surface area contributed by atoms with Gasteiger partial charge in [-0.15, -0.1) is 0 Å². The summed E-state index contributed by atoms with van der Waals surface area (Å²) < 4.78 is 0. The number of nitrogens with one attached hydrogen (secondary N) is 2. The number of hydrogen-bond donors (Lipinski definition) is 2. The first kappa shape index (κ1) is 13.0. The number of nitrogens with zero attached hydrogens (tertiary/aromatic N) is 2. The SMILES string of the molecule is C1CC2CCN(C2)N1.CNC(=O)c1ccccn1. The van der Waals surface area contributed by atoms with Crippen molar-refractivity contribution >= 4 is 5.91 Å². The summed E-state index contributed by atoms with van der Waals surface area (Å²) in [5.74, 6) is 0.872. The molecule has 2 unspecified atom stereocenters. The van der Waals surface area contributed by atoms with Gasteiger partial charge in [0.2, 0.25) is 0 Å². The zero-order valence-corrected chi connectivity index (χ0v) is 10.7. The average Bonchev–Trinajstić information content (AvgIpc) is 2.78. The summed E-state index contributed by atoms with van der Waals surface area (Å²) in [6, 6.07) is 5.21. The van der Waals surface area contributed by atoms with E-state index in [1.807, 2.05) is 0 Å². The number of rotatable bonds is 1. The number of hydrogen-bond acceptors (Lipinski definition) is 4. The fraction of sp³-hybridized carbons (Fsp3) is 0.538. The summed E-state index contributed by atoms with van der Waals surface area (Å²) in [7, 11) is 1.58. The molecule has 2 bridgehead atoms. The van der Waals surface area contributed by atoms with Crippen molar-refractivity contribution in [3.05, 3.63) is 30.1 Å². The van der Waals surface area contributed by atoms with E-state index in [4.69, 9.17) is 0 Å². The lowest BCUT2D eigenvalue weighted by Gasteiger charge is -2.22. The third-order valence-electron chi connectivity index (χ3n) is 3.30. The Kier molecular flexibility index (Phi) is 4.66. The van der Waals surface area contributed by atoms with Crippen LogP contribution in [0.5, 0.6) is 0 Å². The summed E-state index contributed by atoms with van der Waals surface area (Å²) in [6.07, 6.45) is 4.41. The molecule has 1 aromatic heterocycles. The molecular formula is C13H20N4O. The van der Waals surface area contributed by atoms with E-state index in [2.05, 4.69) is 20.7 Å². The van der Waals surface area contributed by atoms with Gasteiger partial charge in [-0.25, -0.2) is 5.01 Å². The highest BCUT2D eigenvalue weighted by atomic mass is 16.1. The van der Waals surface area contributed by atoms with Gasteiger partial charge < -0.3 is 5.32 Å². The van der Waals surface area contributed by atoms with Crippen LogP contribution in [0.4, 0.5) is 0 Å². The van der Waals surface area contributed by atoms with Crippen molar-refractivity contribution in [3.63, 3.8) is 0 Å². The molecular weight excluding hydrogens is 228 g/mol. The molecule has 5 heteroatoms. The molecule has 0 radical (unpaired) electrons. The molecule has 2 N–H and O–H groups in total. The quantitative estimate of drug-likeness (QED) is 0.766. The molecule has 18 heavy (non-hydrogen) atoms. The molecule has 0 saturated carbocycles. The van der Waals surface area contributed by atoms with Crippen LogP contribution in [0.25, 0.3) is 0 Å². The van der Waals surface area contributed by atoms with Crippen LogP contribution in [-0.4, -0.2) is 42.6 Å². The number of pyridine rings is 1. The predicted octanol–water partition coefficient (Wildman–Crippen LogP) is 0.658. The fourth-order valence-electron chi connectivity index (χ4n) is 2.26. The lowest BCUT2D eigenvalue weighted by Crippen LogP contribution is -2.40. The standard InChI is InChI=1S/C7H8N2O.C6H12N2/c1-8-7(10)6-4-2-3-5-9-6;1-3-7-8-4-2-6(1)5-8/h2-5H,1H3,(H,8,10);6-7H,1-5H2. The molecule has 0 aromatic carbocycles. The zero-order chi connectivity index (χ0) is 12.8. The van der Waals surface area contributed by atoms with Gasteiger partial charge in [0, 0.05) is 32.9 Å². The van der Waals surface area contributed by atoms with Gasteiger partial charge in [0.15, 0.2) is 0 Å². The van der Waals surface area contributed by atoms with Crippen LogP contribution in [0, 0.1) is 5.92 Å². The van der Waals surface area contributed by atoms with Crippen molar-refractivity contribution in [1.82, 2.24) is 20.7 Å². The number of aromatic nitrogens is 1. The van der Waals surface area contributed by atoms with E-state index in [0.717, 1.165) is 5.92 Å². The van der Waals surface area contributed by atoms with Gasteiger partial charge >= 0.3 is 0 Å². The van der Waals surface area contributed by atoms with Crippen LogP contribution in [0.2, 0.25) is 0 Å². The van der Waals surface area contributed by atoms with Gasteiger partial charge in [0.05, 0.1) is 0 Å². The second-order valence-electron chi connectivity index (χ2n) is 4.59. The highest BCUT2D eigenvalue weighted by Gasteiger charge is 2.25. The van der Waals surface area contributed by atoms with E-state index >= 15 is 0 Å². The summed E-state index contributed by atoms with van der Waals surface area (Å²) >= 11 is 0. The second-order valence-corrected chi connectivity index (χ2v) is 4.59. The normalized spacial score (nSPS) is 24.9. The Morgan fingerprint density at radius 2 is 2.39 bits per heavy atom. The Morgan fingerprint density at radius 3 is 3.00 bits per heavy atom.